The fraction of sp³-hybridized carbons (Fsp3) is 0.889. The van der Waals surface area contributed by atoms with Crippen molar-refractivity contribution in [1.29, 1.82) is 0 Å². The molecule has 4 N–H and O–H groups in total. The van der Waals surface area contributed by atoms with E-state index in [4.69, 9.17) is 14.9 Å². The molecule has 0 heterocycles. The number of rotatable bonds is 16. The van der Waals surface area contributed by atoms with Gasteiger partial charge in [-0.3, -0.25) is 4.57 Å². The molecule has 0 saturated carbocycles. The molecule has 0 bridgehead atoms. The summed E-state index contributed by atoms with van der Waals surface area (Å²) in [5.74, 6) is -0.581. The van der Waals surface area contributed by atoms with Crippen LogP contribution in [-0.4, -0.2) is 20.0 Å². The van der Waals surface area contributed by atoms with E-state index in [1.165, 1.54) is 64.2 Å². The summed E-state index contributed by atoms with van der Waals surface area (Å²) in [7, 11) is -4.72. The minimum Gasteiger partial charge on any atom is -0.508 e. The van der Waals surface area contributed by atoms with Crippen LogP contribution in [0.3, 0.4) is 0 Å². The Hall–Kier alpha value is -0.510. The summed E-state index contributed by atoms with van der Waals surface area (Å²) in [6.45, 7) is 2.24. The summed E-state index contributed by atoms with van der Waals surface area (Å²) in [6.07, 6.45) is 17.2. The van der Waals surface area contributed by atoms with Gasteiger partial charge in [-0.15, -0.1) is 0 Å². The Morgan fingerprint density at radius 3 is 1.33 bits per heavy atom. The summed E-state index contributed by atoms with van der Waals surface area (Å²) in [5.41, 5.74) is -1.18. The van der Waals surface area contributed by atoms with Gasteiger partial charge in [0.1, 0.15) is 5.76 Å². The van der Waals surface area contributed by atoms with Crippen LogP contribution in [0.5, 0.6) is 0 Å². The van der Waals surface area contributed by atoms with Crippen molar-refractivity contribution in [2.45, 2.75) is 103 Å². The van der Waals surface area contributed by atoms with E-state index in [0.29, 0.717) is 6.42 Å². The monoisotopic (exact) mass is 364 g/mol. The fourth-order valence-corrected chi connectivity index (χ4v) is 3.21. The first-order valence-electron chi connectivity index (χ1n) is 9.56. The molecular formula is C18H37O5P. The van der Waals surface area contributed by atoms with Crippen molar-refractivity contribution in [3.05, 3.63) is 11.3 Å². The highest BCUT2D eigenvalue weighted by Crippen LogP contribution is 2.44. The van der Waals surface area contributed by atoms with Gasteiger partial charge >= 0.3 is 7.60 Å². The zero-order chi connectivity index (χ0) is 18.3. The van der Waals surface area contributed by atoms with E-state index in [1.807, 2.05) is 0 Å². The molecule has 0 saturated heterocycles. The van der Waals surface area contributed by atoms with Crippen molar-refractivity contribution in [3.63, 3.8) is 0 Å². The van der Waals surface area contributed by atoms with Gasteiger partial charge in [-0.05, 0) is 6.42 Å². The first-order valence-corrected chi connectivity index (χ1v) is 11.2. The molecule has 144 valence electrons. The average molecular weight is 364 g/mol. The Morgan fingerprint density at radius 1 is 0.667 bits per heavy atom. The number of allylic oxidation sites excluding steroid dienone is 1. The zero-order valence-corrected chi connectivity index (χ0v) is 16.1. The summed E-state index contributed by atoms with van der Waals surface area (Å²) in [6, 6.07) is 0. The molecule has 24 heavy (non-hydrogen) atoms. The lowest BCUT2D eigenvalue weighted by molar-refractivity contribution is 0.293. The maximum atomic E-state index is 10.7. The van der Waals surface area contributed by atoms with Crippen LogP contribution < -0.4 is 0 Å². The molecule has 0 aromatic rings. The summed E-state index contributed by atoms with van der Waals surface area (Å²) in [5, 5.41) is 18.5. The third-order valence-electron chi connectivity index (χ3n) is 4.30. The standard InChI is InChI=1S/C18H37O5P/c1-2-3-4-5-6-7-8-9-10-11-12-13-14-15-16-17(19)18(20)24(21,22)23/h19-20H,2-16H2,1H3,(H2,21,22,23). The summed E-state index contributed by atoms with van der Waals surface area (Å²) >= 11 is 0. The van der Waals surface area contributed by atoms with Crippen LogP contribution in [0.15, 0.2) is 11.3 Å². The Morgan fingerprint density at radius 2 is 1.00 bits per heavy atom. The molecule has 0 spiro atoms. The highest BCUT2D eigenvalue weighted by molar-refractivity contribution is 7.56. The number of aliphatic hydroxyl groups excluding tert-OH is 2. The number of hydrogen-bond acceptors (Lipinski definition) is 3. The van der Waals surface area contributed by atoms with Gasteiger partial charge in [-0.2, -0.15) is 0 Å². The van der Waals surface area contributed by atoms with Crippen LogP contribution in [0, 0.1) is 0 Å². The Bertz CT molecular complexity index is 376. The van der Waals surface area contributed by atoms with E-state index in [0.717, 1.165) is 19.3 Å². The van der Waals surface area contributed by atoms with Crippen LogP contribution in [0.4, 0.5) is 0 Å². The average Bonchev–Trinajstić information content (AvgIpc) is 2.53. The quantitative estimate of drug-likeness (QED) is 0.146. The second-order valence-corrected chi connectivity index (χ2v) is 8.17. The van der Waals surface area contributed by atoms with Crippen LogP contribution >= 0.6 is 7.60 Å². The van der Waals surface area contributed by atoms with Crippen LogP contribution in [-0.2, 0) is 4.57 Å². The first-order chi connectivity index (χ1) is 11.4. The Kier molecular flexibility index (Phi) is 14.5. The van der Waals surface area contributed by atoms with Crippen molar-refractivity contribution < 1.29 is 24.6 Å². The second kappa shape index (κ2) is 14.8. The smallest absolute Gasteiger partial charge is 0.393 e. The van der Waals surface area contributed by atoms with Crippen molar-refractivity contribution in [3.8, 4) is 0 Å². The molecule has 0 unspecified atom stereocenters. The third kappa shape index (κ3) is 13.9. The first kappa shape index (κ1) is 23.5. The van der Waals surface area contributed by atoms with E-state index in [9.17, 15) is 9.67 Å². The maximum Gasteiger partial charge on any atom is 0.393 e. The van der Waals surface area contributed by atoms with Gasteiger partial charge in [0, 0.05) is 6.42 Å². The van der Waals surface area contributed by atoms with E-state index in [2.05, 4.69) is 6.92 Å². The van der Waals surface area contributed by atoms with E-state index >= 15 is 0 Å². The number of hydrogen-bond donors (Lipinski definition) is 4. The van der Waals surface area contributed by atoms with Crippen LogP contribution in [0.1, 0.15) is 103 Å². The summed E-state index contributed by atoms with van der Waals surface area (Å²) in [4.78, 5) is 17.4. The molecule has 0 aliphatic rings. The van der Waals surface area contributed by atoms with E-state index < -0.39 is 18.9 Å². The van der Waals surface area contributed by atoms with Crippen LogP contribution in [0.2, 0.25) is 0 Å². The Balaban J connectivity index is 3.36. The zero-order valence-electron chi connectivity index (χ0n) is 15.3. The maximum absolute atomic E-state index is 10.7. The molecule has 6 heteroatoms. The number of aliphatic hydroxyl groups is 2. The van der Waals surface area contributed by atoms with Gasteiger partial charge in [0.25, 0.3) is 0 Å². The van der Waals surface area contributed by atoms with E-state index in [1.54, 1.807) is 0 Å². The lowest BCUT2D eigenvalue weighted by Crippen LogP contribution is -1.93. The molecular weight excluding hydrogens is 327 g/mol. The molecule has 0 radical (unpaired) electrons. The molecule has 0 aliphatic heterocycles. The molecule has 0 aromatic heterocycles. The third-order valence-corrected chi connectivity index (χ3v) is 5.11. The predicted molar refractivity (Wildman–Crippen MR) is 99.3 cm³/mol. The SMILES string of the molecule is CCCCCCCCCCCCCCCCC(O)=C(O)P(=O)(O)O. The Labute approximate surface area is 147 Å². The lowest BCUT2D eigenvalue weighted by Gasteiger charge is -2.06. The largest absolute Gasteiger partial charge is 0.508 e. The second-order valence-electron chi connectivity index (χ2n) is 6.66. The van der Waals surface area contributed by atoms with E-state index in [-0.39, 0.29) is 6.42 Å². The minimum atomic E-state index is -4.72. The van der Waals surface area contributed by atoms with Gasteiger partial charge in [0.2, 0.25) is 5.50 Å². The molecule has 0 amide bonds. The molecule has 5 nitrogen and oxygen atoms in total. The van der Waals surface area contributed by atoms with Gasteiger partial charge in [-0.1, -0.05) is 90.4 Å². The van der Waals surface area contributed by atoms with Gasteiger partial charge < -0.3 is 20.0 Å². The lowest BCUT2D eigenvalue weighted by atomic mass is 10.0. The van der Waals surface area contributed by atoms with Crippen molar-refractivity contribution in [1.82, 2.24) is 0 Å². The molecule has 0 rings (SSSR count). The van der Waals surface area contributed by atoms with Crippen LogP contribution in [0.25, 0.3) is 0 Å². The van der Waals surface area contributed by atoms with Crippen molar-refractivity contribution >= 4 is 7.60 Å². The highest BCUT2D eigenvalue weighted by atomic mass is 31.2. The topological polar surface area (TPSA) is 98.0 Å². The number of unbranched alkanes of at least 4 members (excludes halogenated alkanes) is 13. The van der Waals surface area contributed by atoms with Gasteiger partial charge in [-0.25, -0.2) is 0 Å². The van der Waals surface area contributed by atoms with Crippen molar-refractivity contribution in [2.24, 2.45) is 0 Å². The highest BCUT2D eigenvalue weighted by Gasteiger charge is 2.24. The molecule has 0 aromatic carbocycles. The van der Waals surface area contributed by atoms with Gasteiger partial charge in [0.05, 0.1) is 0 Å². The normalized spacial score (nSPS) is 13.1. The molecule has 0 fully saturated rings. The van der Waals surface area contributed by atoms with Gasteiger partial charge in [0.15, 0.2) is 0 Å². The van der Waals surface area contributed by atoms with Crippen molar-refractivity contribution in [2.75, 3.05) is 0 Å². The fourth-order valence-electron chi connectivity index (χ4n) is 2.77. The molecule has 0 aliphatic carbocycles. The summed E-state index contributed by atoms with van der Waals surface area (Å²) < 4.78 is 10.7. The predicted octanol–water partition coefficient (Wildman–Crippen LogP) is 6.32. The molecule has 0 atom stereocenters. The minimum absolute atomic E-state index is 0.120.